The van der Waals surface area contributed by atoms with Crippen molar-refractivity contribution in [3.8, 4) is 5.75 Å². The Morgan fingerprint density at radius 1 is 1.16 bits per heavy atom. The van der Waals surface area contributed by atoms with Crippen LogP contribution in [0.1, 0.15) is 28.7 Å². The molecule has 0 spiro atoms. The number of aromatic nitrogens is 2. The maximum atomic E-state index is 12.3. The first-order chi connectivity index (χ1) is 12.0. The molecule has 1 aromatic carbocycles. The Morgan fingerprint density at radius 2 is 1.80 bits per heavy atom. The Morgan fingerprint density at radius 3 is 2.40 bits per heavy atom. The molecule has 25 heavy (non-hydrogen) atoms. The summed E-state index contributed by atoms with van der Waals surface area (Å²) < 4.78 is 5.14. The number of imide groups is 1. The molecule has 0 saturated carbocycles. The van der Waals surface area contributed by atoms with Gasteiger partial charge in [-0.2, -0.15) is 0 Å². The fourth-order valence-electron chi connectivity index (χ4n) is 2.85. The number of carbonyl (C=O) groups excluding carboxylic acids is 2. The van der Waals surface area contributed by atoms with E-state index in [0.29, 0.717) is 12.4 Å². The molecule has 0 bridgehead atoms. The maximum Gasteiger partial charge on any atom is 0.324 e. The zero-order valence-electron chi connectivity index (χ0n) is 14.4. The molecular formula is C18H20N4O3. The summed E-state index contributed by atoms with van der Waals surface area (Å²) in [5.74, 6) is 0.265. The summed E-state index contributed by atoms with van der Waals surface area (Å²) in [6, 6.07) is 8.92. The lowest BCUT2D eigenvalue weighted by Gasteiger charge is -2.31. The molecule has 130 valence electrons. The first-order valence-corrected chi connectivity index (χ1v) is 8.01. The summed E-state index contributed by atoms with van der Waals surface area (Å²) in [6.07, 6.45) is 0. The first-order valence-electron chi connectivity index (χ1n) is 8.01. The van der Waals surface area contributed by atoms with E-state index in [9.17, 15) is 9.59 Å². The minimum Gasteiger partial charge on any atom is -0.497 e. The number of amides is 3. The van der Waals surface area contributed by atoms with Gasteiger partial charge in [-0.3, -0.25) is 10.1 Å². The van der Waals surface area contributed by atoms with Crippen LogP contribution in [0.2, 0.25) is 0 Å². The minimum atomic E-state index is -0.574. The largest absolute Gasteiger partial charge is 0.497 e. The number of aryl methyl sites for hydroxylation is 2. The van der Waals surface area contributed by atoms with Crippen molar-refractivity contribution in [1.29, 1.82) is 0 Å². The standard InChI is InChI=1S/C18H20N4O3/c1-11-8-12(2)20-16(19-11)15-10-22(18(24)21-17(15)23)9-13-4-6-14(25-3)7-5-13/h4-8,15H,9-10H2,1-3H3,(H,21,23,24). The van der Waals surface area contributed by atoms with Crippen molar-refractivity contribution in [1.82, 2.24) is 20.2 Å². The van der Waals surface area contributed by atoms with E-state index >= 15 is 0 Å². The molecule has 2 aromatic rings. The Bertz CT molecular complexity index is 784. The Balaban J connectivity index is 1.80. The summed E-state index contributed by atoms with van der Waals surface area (Å²) >= 11 is 0. The van der Waals surface area contributed by atoms with Gasteiger partial charge in [0.25, 0.3) is 0 Å². The van der Waals surface area contributed by atoms with E-state index in [2.05, 4.69) is 15.3 Å². The Labute approximate surface area is 146 Å². The smallest absolute Gasteiger partial charge is 0.324 e. The number of rotatable bonds is 4. The predicted molar refractivity (Wildman–Crippen MR) is 91.2 cm³/mol. The summed E-state index contributed by atoms with van der Waals surface area (Å²) in [4.78, 5) is 34.8. The topological polar surface area (TPSA) is 84.4 Å². The van der Waals surface area contributed by atoms with E-state index in [-0.39, 0.29) is 12.5 Å². The third kappa shape index (κ3) is 3.76. The second kappa shape index (κ2) is 6.88. The van der Waals surface area contributed by atoms with Crippen LogP contribution >= 0.6 is 0 Å². The molecule has 0 aliphatic carbocycles. The van der Waals surface area contributed by atoms with Crippen molar-refractivity contribution >= 4 is 11.9 Å². The first kappa shape index (κ1) is 16.9. The van der Waals surface area contributed by atoms with Gasteiger partial charge in [0, 0.05) is 24.5 Å². The zero-order chi connectivity index (χ0) is 18.0. The lowest BCUT2D eigenvalue weighted by atomic mass is 10.0. The number of methoxy groups -OCH3 is 1. The highest BCUT2D eigenvalue weighted by atomic mass is 16.5. The van der Waals surface area contributed by atoms with Crippen LogP contribution in [0.25, 0.3) is 0 Å². The maximum absolute atomic E-state index is 12.3. The second-order valence-corrected chi connectivity index (χ2v) is 6.08. The third-order valence-electron chi connectivity index (χ3n) is 4.08. The number of carbonyl (C=O) groups is 2. The molecule has 1 aromatic heterocycles. The van der Waals surface area contributed by atoms with E-state index < -0.39 is 11.9 Å². The molecule has 3 rings (SSSR count). The van der Waals surface area contributed by atoms with Crippen LogP contribution in [0.3, 0.4) is 0 Å². The molecule has 1 N–H and O–H groups in total. The molecule has 1 unspecified atom stereocenters. The second-order valence-electron chi connectivity index (χ2n) is 6.08. The molecule has 1 aliphatic heterocycles. The van der Waals surface area contributed by atoms with Crippen molar-refractivity contribution < 1.29 is 14.3 Å². The normalized spacial score (nSPS) is 17.4. The van der Waals surface area contributed by atoms with Gasteiger partial charge in [-0.05, 0) is 37.6 Å². The lowest BCUT2D eigenvalue weighted by Crippen LogP contribution is -2.53. The van der Waals surface area contributed by atoms with E-state index in [0.717, 1.165) is 22.7 Å². The van der Waals surface area contributed by atoms with Gasteiger partial charge in [-0.25, -0.2) is 14.8 Å². The van der Waals surface area contributed by atoms with E-state index in [4.69, 9.17) is 4.74 Å². The van der Waals surface area contributed by atoms with Gasteiger partial charge in [0.05, 0.1) is 7.11 Å². The molecule has 1 fully saturated rings. The van der Waals surface area contributed by atoms with Crippen LogP contribution in [0.4, 0.5) is 4.79 Å². The third-order valence-corrected chi connectivity index (χ3v) is 4.08. The fourth-order valence-corrected chi connectivity index (χ4v) is 2.85. The summed E-state index contributed by atoms with van der Waals surface area (Å²) in [5.41, 5.74) is 2.55. The molecule has 0 radical (unpaired) electrons. The Kier molecular flexibility index (Phi) is 4.65. The van der Waals surface area contributed by atoms with Gasteiger partial charge in [-0.1, -0.05) is 12.1 Å². The SMILES string of the molecule is COc1ccc(CN2CC(c3nc(C)cc(C)n3)C(=O)NC2=O)cc1. The highest BCUT2D eigenvalue weighted by Crippen LogP contribution is 2.21. The number of ether oxygens (including phenoxy) is 1. The van der Waals surface area contributed by atoms with Crippen molar-refractivity contribution in [2.45, 2.75) is 26.3 Å². The van der Waals surface area contributed by atoms with Crippen LogP contribution < -0.4 is 10.1 Å². The van der Waals surface area contributed by atoms with Gasteiger partial charge in [0.15, 0.2) is 0 Å². The van der Waals surface area contributed by atoms with Gasteiger partial charge < -0.3 is 9.64 Å². The van der Waals surface area contributed by atoms with Gasteiger partial charge in [-0.15, -0.1) is 0 Å². The Hall–Kier alpha value is -2.96. The van der Waals surface area contributed by atoms with Gasteiger partial charge in [0.2, 0.25) is 5.91 Å². The van der Waals surface area contributed by atoms with Gasteiger partial charge in [0.1, 0.15) is 17.5 Å². The number of benzene rings is 1. The quantitative estimate of drug-likeness (QED) is 0.919. The van der Waals surface area contributed by atoms with E-state index in [1.807, 2.05) is 44.2 Å². The molecule has 1 atom stereocenters. The summed E-state index contributed by atoms with van der Waals surface area (Å²) in [6.45, 7) is 4.36. The van der Waals surface area contributed by atoms with Crippen LogP contribution in [0, 0.1) is 13.8 Å². The molecule has 1 saturated heterocycles. The monoisotopic (exact) mass is 340 g/mol. The van der Waals surface area contributed by atoms with Crippen molar-refractivity contribution in [3.05, 3.63) is 53.1 Å². The molecule has 1 aliphatic rings. The molecule has 2 heterocycles. The summed E-state index contributed by atoms with van der Waals surface area (Å²) in [7, 11) is 1.60. The van der Waals surface area contributed by atoms with E-state index in [1.54, 1.807) is 12.0 Å². The number of nitrogens with one attached hydrogen (secondary N) is 1. The number of hydrogen-bond donors (Lipinski definition) is 1. The predicted octanol–water partition coefficient (Wildman–Crippen LogP) is 1.94. The molecule has 7 nitrogen and oxygen atoms in total. The average molecular weight is 340 g/mol. The van der Waals surface area contributed by atoms with Crippen LogP contribution in [0.15, 0.2) is 30.3 Å². The number of hydrogen-bond acceptors (Lipinski definition) is 5. The highest BCUT2D eigenvalue weighted by molar-refractivity contribution is 6.00. The molecular weight excluding hydrogens is 320 g/mol. The highest BCUT2D eigenvalue weighted by Gasteiger charge is 2.35. The number of urea groups is 1. The van der Waals surface area contributed by atoms with Crippen LogP contribution in [-0.2, 0) is 11.3 Å². The van der Waals surface area contributed by atoms with E-state index in [1.165, 1.54) is 0 Å². The zero-order valence-corrected chi connectivity index (χ0v) is 14.4. The fraction of sp³-hybridized carbons (Fsp3) is 0.333. The van der Waals surface area contributed by atoms with Crippen LogP contribution in [-0.4, -0.2) is 40.5 Å². The minimum absolute atomic E-state index is 0.250. The summed E-state index contributed by atoms with van der Waals surface area (Å²) in [5, 5.41) is 2.40. The van der Waals surface area contributed by atoms with Crippen molar-refractivity contribution in [3.63, 3.8) is 0 Å². The van der Waals surface area contributed by atoms with Crippen LogP contribution in [0.5, 0.6) is 5.75 Å². The van der Waals surface area contributed by atoms with Crippen molar-refractivity contribution in [2.24, 2.45) is 0 Å². The lowest BCUT2D eigenvalue weighted by molar-refractivity contribution is -0.123. The molecule has 7 heteroatoms. The van der Waals surface area contributed by atoms with Gasteiger partial charge >= 0.3 is 6.03 Å². The average Bonchev–Trinajstić information content (AvgIpc) is 2.57. The molecule has 3 amide bonds. The number of nitrogens with zero attached hydrogens (tertiary/aromatic N) is 3. The van der Waals surface area contributed by atoms with Crippen molar-refractivity contribution in [2.75, 3.05) is 13.7 Å².